The summed E-state index contributed by atoms with van der Waals surface area (Å²) in [6, 6.07) is 6.31. The first-order valence-corrected chi connectivity index (χ1v) is 6.62. The van der Waals surface area contributed by atoms with Gasteiger partial charge in [0.1, 0.15) is 12.2 Å². The molecule has 0 bridgehead atoms. The van der Waals surface area contributed by atoms with Crippen LogP contribution in [-0.4, -0.2) is 19.9 Å². The Hall–Kier alpha value is -1.68. The Kier molecular flexibility index (Phi) is 4.00. The molecule has 1 atom stereocenters. The fourth-order valence-corrected chi connectivity index (χ4v) is 2.11. The second-order valence-corrected chi connectivity index (χ2v) is 5.28. The van der Waals surface area contributed by atoms with Crippen molar-refractivity contribution in [2.75, 3.05) is 0 Å². The zero-order valence-corrected chi connectivity index (χ0v) is 12.0. The lowest BCUT2D eigenvalue weighted by Gasteiger charge is -2.14. The van der Waals surface area contributed by atoms with Gasteiger partial charge in [0.25, 0.3) is 0 Å². The number of hydrogen-bond donors (Lipinski definition) is 1. The number of nitrogens with zero attached hydrogens (tertiary/aromatic N) is 3. The van der Waals surface area contributed by atoms with Crippen LogP contribution in [0.3, 0.4) is 0 Å². The number of rotatable bonds is 4. The predicted molar refractivity (Wildman–Crippen MR) is 75.0 cm³/mol. The third-order valence-corrected chi connectivity index (χ3v) is 3.43. The lowest BCUT2D eigenvalue weighted by Crippen LogP contribution is -2.12. The molecule has 19 heavy (non-hydrogen) atoms. The lowest BCUT2D eigenvalue weighted by molar-refractivity contribution is 0.173. The maximum atomic E-state index is 10.3. The standard InChI is InChI=1S/C15H21N3O/c1-10(2)18-15(16-9-17-18)8-14(19)13-6-5-11(3)12(4)7-13/h5-7,9-10,14,19H,8H2,1-4H3. The van der Waals surface area contributed by atoms with Crippen molar-refractivity contribution in [1.82, 2.24) is 14.8 Å². The minimum atomic E-state index is -0.541. The van der Waals surface area contributed by atoms with Crippen molar-refractivity contribution >= 4 is 0 Å². The molecule has 0 amide bonds. The molecule has 1 heterocycles. The Morgan fingerprint density at radius 3 is 2.58 bits per heavy atom. The third-order valence-electron chi connectivity index (χ3n) is 3.43. The Morgan fingerprint density at radius 2 is 1.95 bits per heavy atom. The summed E-state index contributed by atoms with van der Waals surface area (Å²) in [4.78, 5) is 4.23. The average molecular weight is 259 g/mol. The van der Waals surface area contributed by atoms with E-state index in [-0.39, 0.29) is 6.04 Å². The Labute approximate surface area is 114 Å². The van der Waals surface area contributed by atoms with Crippen molar-refractivity contribution in [3.05, 3.63) is 47.0 Å². The van der Waals surface area contributed by atoms with Crippen LogP contribution in [0, 0.1) is 13.8 Å². The van der Waals surface area contributed by atoms with Crippen LogP contribution in [0.15, 0.2) is 24.5 Å². The van der Waals surface area contributed by atoms with Gasteiger partial charge in [0.2, 0.25) is 0 Å². The van der Waals surface area contributed by atoms with Crippen LogP contribution >= 0.6 is 0 Å². The molecule has 0 fully saturated rings. The summed E-state index contributed by atoms with van der Waals surface area (Å²) in [5.74, 6) is 0.820. The van der Waals surface area contributed by atoms with Gasteiger partial charge in [-0.2, -0.15) is 5.10 Å². The molecule has 0 spiro atoms. The number of aliphatic hydroxyl groups excluding tert-OH is 1. The van der Waals surface area contributed by atoms with Crippen molar-refractivity contribution < 1.29 is 5.11 Å². The molecule has 1 N–H and O–H groups in total. The molecular weight excluding hydrogens is 238 g/mol. The minimum Gasteiger partial charge on any atom is -0.388 e. The second kappa shape index (κ2) is 5.53. The maximum Gasteiger partial charge on any atom is 0.138 e. The van der Waals surface area contributed by atoms with Crippen LogP contribution < -0.4 is 0 Å². The molecule has 1 unspecified atom stereocenters. The van der Waals surface area contributed by atoms with E-state index in [0.717, 1.165) is 11.4 Å². The van der Waals surface area contributed by atoms with Crippen LogP contribution in [0.4, 0.5) is 0 Å². The molecule has 0 aliphatic carbocycles. The first-order chi connectivity index (χ1) is 8.99. The van der Waals surface area contributed by atoms with Crippen LogP contribution in [0.2, 0.25) is 0 Å². The molecule has 2 rings (SSSR count). The van der Waals surface area contributed by atoms with Crippen molar-refractivity contribution in [2.45, 2.75) is 46.3 Å². The van der Waals surface area contributed by atoms with Gasteiger partial charge in [-0.05, 0) is 44.4 Å². The number of aryl methyl sites for hydroxylation is 2. The molecule has 0 aliphatic heterocycles. The third kappa shape index (κ3) is 3.01. The summed E-state index contributed by atoms with van der Waals surface area (Å²) >= 11 is 0. The van der Waals surface area contributed by atoms with Crippen molar-refractivity contribution in [3.8, 4) is 0 Å². The zero-order chi connectivity index (χ0) is 14.0. The summed E-state index contributed by atoms with van der Waals surface area (Å²) in [6.45, 7) is 8.24. The van der Waals surface area contributed by atoms with E-state index in [0.29, 0.717) is 6.42 Å². The Bertz CT molecular complexity index is 560. The minimum absolute atomic E-state index is 0.254. The average Bonchev–Trinajstić information content (AvgIpc) is 2.80. The highest BCUT2D eigenvalue weighted by Gasteiger charge is 2.15. The Morgan fingerprint density at radius 1 is 1.21 bits per heavy atom. The molecule has 0 radical (unpaired) electrons. The summed E-state index contributed by atoms with van der Waals surface area (Å²) in [5, 5.41) is 14.5. The largest absolute Gasteiger partial charge is 0.388 e. The van der Waals surface area contributed by atoms with Gasteiger partial charge in [0.05, 0.1) is 6.10 Å². The lowest BCUT2D eigenvalue weighted by atomic mass is 10.0. The number of aromatic nitrogens is 3. The first-order valence-electron chi connectivity index (χ1n) is 6.62. The van der Waals surface area contributed by atoms with Gasteiger partial charge in [-0.15, -0.1) is 0 Å². The van der Waals surface area contributed by atoms with Crippen LogP contribution in [0.5, 0.6) is 0 Å². The van der Waals surface area contributed by atoms with E-state index in [1.165, 1.54) is 11.1 Å². The van der Waals surface area contributed by atoms with Gasteiger partial charge < -0.3 is 5.11 Å². The molecule has 4 nitrogen and oxygen atoms in total. The molecule has 0 aliphatic rings. The first kappa shape index (κ1) is 13.7. The highest BCUT2D eigenvalue weighted by atomic mass is 16.3. The molecule has 4 heteroatoms. The Balaban J connectivity index is 2.18. The molecule has 2 aromatic rings. The summed E-state index contributed by atoms with van der Waals surface area (Å²) < 4.78 is 1.85. The zero-order valence-electron chi connectivity index (χ0n) is 12.0. The van der Waals surface area contributed by atoms with Crippen molar-refractivity contribution in [3.63, 3.8) is 0 Å². The maximum absolute atomic E-state index is 10.3. The van der Waals surface area contributed by atoms with E-state index in [2.05, 4.69) is 37.8 Å². The summed E-state index contributed by atoms with van der Waals surface area (Å²) in [5.41, 5.74) is 3.37. The SMILES string of the molecule is Cc1ccc(C(O)Cc2ncnn2C(C)C)cc1C. The summed E-state index contributed by atoms with van der Waals surface area (Å²) in [6.07, 6.45) is 1.49. The van der Waals surface area contributed by atoms with Crippen molar-refractivity contribution in [2.24, 2.45) is 0 Å². The molecule has 102 valence electrons. The number of aliphatic hydroxyl groups is 1. The van der Waals surface area contributed by atoms with E-state index in [9.17, 15) is 5.11 Å². The van der Waals surface area contributed by atoms with Crippen LogP contribution in [0.1, 0.15) is 48.5 Å². The van der Waals surface area contributed by atoms with Crippen LogP contribution in [-0.2, 0) is 6.42 Å². The van der Waals surface area contributed by atoms with Gasteiger partial charge in [-0.25, -0.2) is 9.67 Å². The highest BCUT2D eigenvalue weighted by molar-refractivity contribution is 5.31. The van der Waals surface area contributed by atoms with Gasteiger partial charge in [-0.1, -0.05) is 18.2 Å². The van der Waals surface area contributed by atoms with Gasteiger partial charge >= 0.3 is 0 Å². The quantitative estimate of drug-likeness (QED) is 0.918. The normalized spacial score (nSPS) is 12.9. The van der Waals surface area contributed by atoms with E-state index in [4.69, 9.17) is 0 Å². The molecule has 1 aromatic heterocycles. The molecule has 0 saturated carbocycles. The number of benzene rings is 1. The van der Waals surface area contributed by atoms with Crippen LogP contribution in [0.25, 0.3) is 0 Å². The monoisotopic (exact) mass is 259 g/mol. The topological polar surface area (TPSA) is 50.9 Å². The predicted octanol–water partition coefficient (Wildman–Crippen LogP) is 2.75. The fourth-order valence-electron chi connectivity index (χ4n) is 2.11. The van der Waals surface area contributed by atoms with E-state index >= 15 is 0 Å². The molecule has 1 aromatic carbocycles. The smallest absolute Gasteiger partial charge is 0.138 e. The fraction of sp³-hybridized carbons (Fsp3) is 0.467. The van der Waals surface area contributed by atoms with E-state index in [1.54, 1.807) is 6.33 Å². The summed E-state index contributed by atoms with van der Waals surface area (Å²) in [7, 11) is 0. The van der Waals surface area contributed by atoms with E-state index < -0.39 is 6.10 Å². The van der Waals surface area contributed by atoms with E-state index in [1.807, 2.05) is 22.9 Å². The number of hydrogen-bond acceptors (Lipinski definition) is 3. The van der Waals surface area contributed by atoms with Gasteiger partial charge in [-0.3, -0.25) is 0 Å². The van der Waals surface area contributed by atoms with Gasteiger partial charge in [0, 0.05) is 12.5 Å². The van der Waals surface area contributed by atoms with Gasteiger partial charge in [0.15, 0.2) is 0 Å². The van der Waals surface area contributed by atoms with Crippen molar-refractivity contribution in [1.29, 1.82) is 0 Å². The molecule has 0 saturated heterocycles. The second-order valence-electron chi connectivity index (χ2n) is 5.28. The molecular formula is C15H21N3O. The highest BCUT2D eigenvalue weighted by Crippen LogP contribution is 2.21.